The normalized spacial score (nSPS) is 15.0. The molecule has 4 aromatic carbocycles. The zero-order valence-electron chi connectivity index (χ0n) is 49.1. The van der Waals surface area contributed by atoms with E-state index in [-0.39, 0.29) is 41.9 Å². The minimum atomic E-state index is -1.67. The highest BCUT2D eigenvalue weighted by atomic mass is 36.0. The predicted octanol–water partition coefficient (Wildman–Crippen LogP) is 12.1. The monoisotopic (exact) mass is 1520 g/mol. The van der Waals surface area contributed by atoms with Gasteiger partial charge in [-0.05, 0) is 101 Å². The minimum absolute atomic E-state index is 0.00555. The molecule has 8 N–H and O–H groups in total. The lowest BCUT2D eigenvalue weighted by Crippen LogP contribution is -2.52. The Kier molecular flexibility index (Phi) is 40.3. The van der Waals surface area contributed by atoms with Gasteiger partial charge in [0.25, 0.3) is 0 Å². The summed E-state index contributed by atoms with van der Waals surface area (Å²) in [7, 11) is 11.7. The number of benzene rings is 4. The van der Waals surface area contributed by atoms with Crippen LogP contribution in [-0.2, 0) is 9.23 Å². The van der Waals surface area contributed by atoms with Gasteiger partial charge < -0.3 is 61.3 Å². The molecule has 0 aliphatic carbocycles. The van der Waals surface area contributed by atoms with Gasteiger partial charge in [0, 0.05) is 133 Å². The Balaban J connectivity index is 0.000000281. The first-order valence-electron chi connectivity index (χ1n) is 27.3. The third kappa shape index (κ3) is 28.9. The first-order valence-corrected chi connectivity index (χ1v) is 34.4. The molecule has 496 valence electrons. The Bertz CT molecular complexity index is 3310. The summed E-state index contributed by atoms with van der Waals surface area (Å²) < 4.78 is 8.34. The molecule has 21 nitrogen and oxygen atoms in total. The van der Waals surface area contributed by atoms with Crippen molar-refractivity contribution in [3.8, 4) is 0 Å². The van der Waals surface area contributed by atoms with Gasteiger partial charge in [0.2, 0.25) is 9.23 Å². The van der Waals surface area contributed by atoms with E-state index < -0.39 is 13.5 Å². The second-order valence-corrected chi connectivity index (χ2v) is 26.0. The molecular formula is C55H69Cl13N16O5S. The molecule has 0 saturated carbocycles. The molecule has 0 amide bonds. The Labute approximate surface area is 590 Å². The predicted molar refractivity (Wildman–Crippen MR) is 384 cm³/mol. The minimum Gasteiger partial charge on any atom is -0.397 e. The van der Waals surface area contributed by atoms with Crippen LogP contribution < -0.4 is 26.2 Å². The fourth-order valence-electron chi connectivity index (χ4n) is 7.95. The molecule has 6 aliphatic rings. The average molecular weight is 1530 g/mol. The van der Waals surface area contributed by atoms with Crippen molar-refractivity contribution in [1.29, 1.82) is 0 Å². The number of aliphatic hydroxyl groups excluding tert-OH is 4. The van der Waals surface area contributed by atoms with Crippen molar-refractivity contribution >= 4 is 232 Å². The van der Waals surface area contributed by atoms with Crippen LogP contribution in [0.3, 0.4) is 0 Å². The standard InChI is InChI=1S/C15H18ClN5.C10H9Cl2N3O.C10H7Cl2N3.C8H3Cl3N2.C5H12N2.C2H7NO.2C2H6O.CHCl3.Cl2OS/c1-19-6-8-20(9-7-19)15-14-17-4-5-21(14)13-10-11(16)2-3-12(13)18-15;11-6-1-2-7-8(5-6)15-10(9(12)14-7)13-3-4-16;11-6-1-2-7-8(5-6)15-4-3-13-10(15)9(12)14-7;9-4-1-2-5-6(3-4)13-8(11)7(10)12-5;1-7-4-2-6-3-5-7;3-1-2-4;2*1-2-3;2-1(3)4;1-4(2)3/h2-3,10H,4-9H2,1H3;1-2,5,16H,3-4H2,(H,13,15);1-2,5H,3-4H2;1-3H;6H,2-5H2,1H3;4H,1-3H2;2*3H,2H2,1H3;1H;. The highest BCUT2D eigenvalue weighted by molar-refractivity contribution is 8.26. The van der Waals surface area contributed by atoms with Crippen LogP contribution in [-0.4, -0.2) is 218 Å². The number of fused-ring (bicyclic) bond motifs is 8. The van der Waals surface area contributed by atoms with E-state index in [9.17, 15) is 0 Å². The summed E-state index contributed by atoms with van der Waals surface area (Å²) in [6, 6.07) is 21.8. The number of hydrogen-bond acceptors (Lipinski definition) is 21. The number of alkyl halides is 3. The molecule has 90 heavy (non-hydrogen) atoms. The van der Waals surface area contributed by atoms with Gasteiger partial charge in [-0.3, -0.25) is 9.98 Å². The number of aromatic nitrogens is 4. The fourth-order valence-corrected chi connectivity index (χ4v) is 9.34. The van der Waals surface area contributed by atoms with Crippen LogP contribution in [0.2, 0.25) is 35.5 Å². The van der Waals surface area contributed by atoms with Gasteiger partial charge in [-0.15, -0.1) is 0 Å². The van der Waals surface area contributed by atoms with Gasteiger partial charge >= 0.3 is 0 Å². The van der Waals surface area contributed by atoms with Crippen molar-refractivity contribution in [1.82, 2.24) is 40.0 Å². The zero-order chi connectivity index (χ0) is 66.9. The quantitative estimate of drug-likeness (QED) is 0.0639. The molecular weight excluding hydrogens is 1460 g/mol. The van der Waals surface area contributed by atoms with Crippen LogP contribution >= 0.6 is 149 Å². The van der Waals surface area contributed by atoms with Gasteiger partial charge in [-0.1, -0.05) is 128 Å². The first kappa shape index (κ1) is 81.3. The molecule has 6 aliphatic heterocycles. The molecule has 12 rings (SSSR count). The van der Waals surface area contributed by atoms with Gasteiger partial charge in [-0.25, -0.2) is 34.1 Å². The smallest absolute Gasteiger partial charge is 0.211 e. The highest BCUT2D eigenvalue weighted by Crippen LogP contribution is 2.38. The summed E-state index contributed by atoms with van der Waals surface area (Å²) in [6.45, 7) is 16.9. The molecule has 6 aromatic rings. The topological polar surface area (TPSA) is 265 Å². The molecule has 0 unspecified atom stereocenters. The molecule has 8 heterocycles. The number of likely N-dealkylation sites (N-methyl/N-ethyl adjacent to an activating group) is 2. The van der Waals surface area contributed by atoms with Crippen LogP contribution in [0.4, 0.5) is 28.6 Å². The van der Waals surface area contributed by atoms with Gasteiger partial charge in [-0.2, -0.15) is 0 Å². The van der Waals surface area contributed by atoms with Crippen molar-refractivity contribution in [2.24, 2.45) is 25.7 Å². The van der Waals surface area contributed by atoms with Crippen LogP contribution in [0.25, 0.3) is 22.1 Å². The van der Waals surface area contributed by atoms with Gasteiger partial charge in [0.05, 0.1) is 71.1 Å². The molecule has 2 aromatic heterocycles. The van der Waals surface area contributed by atoms with Crippen LogP contribution in [0.5, 0.6) is 0 Å². The van der Waals surface area contributed by atoms with E-state index in [1.165, 1.54) is 13.1 Å². The first-order chi connectivity index (χ1) is 42.9. The maximum Gasteiger partial charge on any atom is 0.211 e. The lowest BCUT2D eigenvalue weighted by atomic mass is 10.2. The number of anilines is 3. The maximum atomic E-state index is 9.09. The Morgan fingerprint density at radius 3 is 1.41 bits per heavy atom. The number of halogens is 13. The van der Waals surface area contributed by atoms with E-state index in [1.807, 2.05) is 36.4 Å². The van der Waals surface area contributed by atoms with E-state index in [4.69, 9.17) is 163 Å². The number of aliphatic imine (C=N–C) groups is 4. The summed E-state index contributed by atoms with van der Waals surface area (Å²) >= 11 is 61.5. The van der Waals surface area contributed by atoms with E-state index in [1.54, 1.807) is 50.2 Å². The second-order valence-electron chi connectivity index (χ2n) is 18.3. The average Bonchev–Trinajstić information content (AvgIpc) is 1.51. The number of piperazine rings is 2. The van der Waals surface area contributed by atoms with E-state index in [0.29, 0.717) is 61.2 Å². The number of nitrogens with zero attached hydrogens (tertiary/aromatic N) is 13. The second kappa shape index (κ2) is 44.7. The van der Waals surface area contributed by atoms with Gasteiger partial charge in [0.15, 0.2) is 48.3 Å². The SMILES string of the molecule is CCO.CCO.CN1CCN(C2=Nc3ccc(Cl)cc3N3CCN=C23)CC1.CN1CCNCC1.ClC(Cl)Cl.ClC1=Nc2ccc(Cl)cc2N2CCN=C12.Clc1ccc2nc(Cl)c(Cl)nc2c1.NCCO.O=S(Cl)Cl.OCCNc1nc2cc(Cl)ccc2nc1Cl. The van der Waals surface area contributed by atoms with E-state index in [2.05, 4.69) is 106 Å². The van der Waals surface area contributed by atoms with E-state index >= 15 is 0 Å². The molecule has 0 bridgehead atoms. The number of nitrogens with one attached hydrogen (secondary N) is 2. The molecule has 0 atom stereocenters. The Hall–Kier alpha value is -2.96. The molecule has 2 fully saturated rings. The number of nitrogens with two attached hydrogens (primary N) is 1. The Morgan fingerprint density at radius 1 is 0.556 bits per heavy atom. The lowest BCUT2D eigenvalue weighted by Gasteiger charge is -2.38. The third-order valence-corrected chi connectivity index (χ3v) is 13.9. The highest BCUT2D eigenvalue weighted by Gasteiger charge is 2.34. The molecule has 0 spiro atoms. The van der Waals surface area contributed by atoms with Crippen LogP contribution in [0, 0.1) is 0 Å². The summed E-state index contributed by atoms with van der Waals surface area (Å²) in [6.07, 6.45) is 0. The molecule has 35 heteroatoms. The number of rotatable bonds is 4. The van der Waals surface area contributed by atoms with Crippen molar-refractivity contribution in [3.63, 3.8) is 0 Å². The summed E-state index contributed by atoms with van der Waals surface area (Å²) in [5.41, 5.74) is 11.4. The zero-order valence-corrected chi connectivity index (χ0v) is 59.8. The lowest BCUT2D eigenvalue weighted by molar-refractivity contribution is 0.217. The van der Waals surface area contributed by atoms with Gasteiger partial charge in [0.1, 0.15) is 0 Å². The largest absolute Gasteiger partial charge is 0.397 e. The molecule has 2 saturated heterocycles. The van der Waals surface area contributed by atoms with Crippen molar-refractivity contribution in [2.75, 3.05) is 147 Å². The number of aliphatic hydroxyl groups is 4. The van der Waals surface area contributed by atoms with Crippen molar-refractivity contribution in [3.05, 3.63) is 108 Å². The van der Waals surface area contributed by atoms with Crippen molar-refractivity contribution in [2.45, 2.75) is 18.1 Å². The Morgan fingerprint density at radius 2 is 0.956 bits per heavy atom. The summed E-state index contributed by atoms with van der Waals surface area (Å²) in [5, 5.41) is 41.5. The van der Waals surface area contributed by atoms with E-state index in [0.717, 1.165) is 111 Å². The summed E-state index contributed by atoms with van der Waals surface area (Å²) in [4.78, 5) is 46.0. The third-order valence-electron chi connectivity index (χ3n) is 11.8. The maximum absolute atomic E-state index is 9.09. The van der Waals surface area contributed by atoms with Crippen LogP contribution in [0.15, 0.2) is 92.8 Å². The van der Waals surface area contributed by atoms with Crippen LogP contribution in [0.1, 0.15) is 13.8 Å². The number of amidine groups is 3. The van der Waals surface area contributed by atoms with Crippen molar-refractivity contribution < 1.29 is 24.6 Å². The molecule has 0 radical (unpaired) electrons. The fraction of sp³-hybridized carbons (Fsp3) is 0.418. The summed E-state index contributed by atoms with van der Waals surface area (Å²) in [5.74, 6) is 3.24. The number of hydrogen-bond donors (Lipinski definition) is 7.